The standard InChI is InChI=1S/C22H30N2O2/c1-3-5-6-14-26-19-12-10-18(11-13-19)16-24-22(25)20-9-7-8-17(4-2)15-21(20)23/h7-13H,3-6,14-16,23H2,1-2H3,(H,24,25). The second-order valence-corrected chi connectivity index (χ2v) is 6.54. The van der Waals surface area contributed by atoms with Crippen molar-refractivity contribution in [2.75, 3.05) is 6.61 Å². The molecule has 1 aromatic rings. The van der Waals surface area contributed by atoms with Crippen LogP contribution in [0.15, 0.2) is 59.3 Å². The van der Waals surface area contributed by atoms with Gasteiger partial charge in [0.25, 0.3) is 5.91 Å². The minimum Gasteiger partial charge on any atom is -0.494 e. The lowest BCUT2D eigenvalue weighted by Gasteiger charge is -2.10. The number of nitrogens with one attached hydrogen (secondary N) is 1. The maximum atomic E-state index is 12.5. The summed E-state index contributed by atoms with van der Waals surface area (Å²) in [6, 6.07) is 7.85. The van der Waals surface area contributed by atoms with Gasteiger partial charge in [0.05, 0.1) is 12.2 Å². The van der Waals surface area contributed by atoms with E-state index in [0.717, 1.165) is 30.8 Å². The minimum absolute atomic E-state index is 0.135. The van der Waals surface area contributed by atoms with Crippen LogP contribution in [0.1, 0.15) is 51.5 Å². The average molecular weight is 354 g/mol. The molecule has 0 fully saturated rings. The molecule has 1 aromatic carbocycles. The van der Waals surface area contributed by atoms with E-state index >= 15 is 0 Å². The highest BCUT2D eigenvalue weighted by Gasteiger charge is 2.13. The number of rotatable bonds is 9. The van der Waals surface area contributed by atoms with Gasteiger partial charge in [-0.15, -0.1) is 0 Å². The Hall–Kier alpha value is -2.49. The van der Waals surface area contributed by atoms with E-state index in [4.69, 9.17) is 10.5 Å². The van der Waals surface area contributed by atoms with Crippen molar-refractivity contribution in [2.45, 2.75) is 52.5 Å². The fraction of sp³-hybridized carbons (Fsp3) is 0.409. The van der Waals surface area contributed by atoms with Crippen LogP contribution in [0, 0.1) is 0 Å². The third-order valence-corrected chi connectivity index (χ3v) is 4.45. The predicted octanol–water partition coefficient (Wildman–Crippen LogP) is 4.38. The van der Waals surface area contributed by atoms with Gasteiger partial charge in [-0.1, -0.05) is 56.5 Å². The van der Waals surface area contributed by atoms with Gasteiger partial charge in [-0.3, -0.25) is 4.79 Å². The third-order valence-electron chi connectivity index (χ3n) is 4.45. The van der Waals surface area contributed by atoms with Gasteiger partial charge in [0.1, 0.15) is 5.75 Å². The second kappa shape index (κ2) is 10.5. The molecule has 0 spiro atoms. The van der Waals surface area contributed by atoms with Gasteiger partial charge < -0.3 is 15.8 Å². The van der Waals surface area contributed by atoms with E-state index in [1.807, 2.05) is 36.4 Å². The topological polar surface area (TPSA) is 64.3 Å². The van der Waals surface area contributed by atoms with Crippen molar-refractivity contribution in [3.05, 3.63) is 64.9 Å². The molecule has 0 radical (unpaired) electrons. The molecule has 140 valence electrons. The highest BCUT2D eigenvalue weighted by molar-refractivity contribution is 5.97. The van der Waals surface area contributed by atoms with Crippen LogP contribution >= 0.6 is 0 Å². The summed E-state index contributed by atoms with van der Waals surface area (Å²) in [4.78, 5) is 12.5. The Morgan fingerprint density at radius 1 is 1.19 bits per heavy atom. The smallest absolute Gasteiger partial charge is 0.253 e. The van der Waals surface area contributed by atoms with Crippen LogP contribution in [-0.2, 0) is 11.3 Å². The summed E-state index contributed by atoms with van der Waals surface area (Å²) in [7, 11) is 0. The molecule has 0 saturated carbocycles. The van der Waals surface area contributed by atoms with Gasteiger partial charge in [-0.05, 0) is 36.6 Å². The number of hydrogen-bond acceptors (Lipinski definition) is 3. The monoisotopic (exact) mass is 354 g/mol. The summed E-state index contributed by atoms with van der Waals surface area (Å²) in [5.41, 5.74) is 9.56. The Balaban J connectivity index is 1.85. The van der Waals surface area contributed by atoms with E-state index in [-0.39, 0.29) is 5.91 Å². The zero-order chi connectivity index (χ0) is 18.8. The van der Waals surface area contributed by atoms with Gasteiger partial charge in [0.2, 0.25) is 0 Å². The molecular weight excluding hydrogens is 324 g/mol. The number of nitrogens with two attached hydrogens (primary N) is 1. The minimum atomic E-state index is -0.135. The van der Waals surface area contributed by atoms with E-state index in [1.54, 1.807) is 6.08 Å². The van der Waals surface area contributed by atoms with Crippen molar-refractivity contribution < 1.29 is 9.53 Å². The van der Waals surface area contributed by atoms with Gasteiger partial charge in [0.15, 0.2) is 0 Å². The summed E-state index contributed by atoms with van der Waals surface area (Å²) >= 11 is 0. The molecule has 2 rings (SSSR count). The van der Waals surface area contributed by atoms with E-state index in [9.17, 15) is 4.79 Å². The molecule has 26 heavy (non-hydrogen) atoms. The van der Waals surface area contributed by atoms with Crippen LogP contribution in [0.3, 0.4) is 0 Å². The molecule has 0 unspecified atom stereocenters. The van der Waals surface area contributed by atoms with E-state index in [0.29, 0.717) is 24.2 Å². The number of carbonyl (C=O) groups excluding carboxylic acids is 1. The summed E-state index contributed by atoms with van der Waals surface area (Å²) in [6.07, 6.45) is 10.8. The first kappa shape index (κ1) is 19.8. The number of allylic oxidation sites excluding steroid dienone is 3. The van der Waals surface area contributed by atoms with E-state index in [1.165, 1.54) is 18.4 Å². The molecular formula is C22H30N2O2. The molecule has 4 heteroatoms. The summed E-state index contributed by atoms with van der Waals surface area (Å²) in [6.45, 7) is 5.48. The predicted molar refractivity (Wildman–Crippen MR) is 107 cm³/mol. The first-order chi connectivity index (χ1) is 12.6. The Morgan fingerprint density at radius 3 is 2.65 bits per heavy atom. The molecule has 3 N–H and O–H groups in total. The summed E-state index contributed by atoms with van der Waals surface area (Å²) < 4.78 is 5.71. The number of carbonyl (C=O) groups is 1. The molecule has 0 aliphatic heterocycles. The van der Waals surface area contributed by atoms with Crippen molar-refractivity contribution >= 4 is 5.91 Å². The molecule has 1 aliphatic rings. The van der Waals surface area contributed by atoms with Crippen LogP contribution in [0.25, 0.3) is 0 Å². The van der Waals surface area contributed by atoms with Gasteiger partial charge in [-0.25, -0.2) is 0 Å². The largest absolute Gasteiger partial charge is 0.494 e. The Labute approximate surface area is 156 Å². The van der Waals surface area contributed by atoms with Crippen LogP contribution in [0.2, 0.25) is 0 Å². The Kier molecular flexibility index (Phi) is 8.00. The molecule has 1 amide bonds. The van der Waals surface area contributed by atoms with Crippen LogP contribution in [0.5, 0.6) is 5.75 Å². The van der Waals surface area contributed by atoms with Crippen molar-refractivity contribution in [3.8, 4) is 5.75 Å². The lowest BCUT2D eigenvalue weighted by Crippen LogP contribution is -2.26. The highest BCUT2D eigenvalue weighted by Crippen LogP contribution is 2.19. The summed E-state index contributed by atoms with van der Waals surface area (Å²) in [5.74, 6) is 0.734. The van der Waals surface area contributed by atoms with Crippen molar-refractivity contribution in [3.63, 3.8) is 0 Å². The molecule has 0 aromatic heterocycles. The second-order valence-electron chi connectivity index (χ2n) is 6.54. The fourth-order valence-corrected chi connectivity index (χ4v) is 2.77. The van der Waals surface area contributed by atoms with Crippen molar-refractivity contribution in [2.24, 2.45) is 5.73 Å². The first-order valence-electron chi connectivity index (χ1n) is 9.48. The van der Waals surface area contributed by atoms with Crippen LogP contribution in [0.4, 0.5) is 0 Å². The SMILES string of the molecule is CCCCCOc1ccc(CNC(=O)C2=C(N)CC(CC)=CC=C2)cc1. The molecule has 0 atom stereocenters. The zero-order valence-corrected chi connectivity index (χ0v) is 15.9. The number of ether oxygens (including phenoxy) is 1. The normalized spacial score (nSPS) is 14.0. The average Bonchev–Trinajstić information content (AvgIpc) is 2.85. The van der Waals surface area contributed by atoms with Crippen LogP contribution < -0.4 is 15.8 Å². The number of amides is 1. The Morgan fingerprint density at radius 2 is 1.96 bits per heavy atom. The van der Waals surface area contributed by atoms with E-state index in [2.05, 4.69) is 19.2 Å². The van der Waals surface area contributed by atoms with Crippen molar-refractivity contribution in [1.29, 1.82) is 0 Å². The summed E-state index contributed by atoms with van der Waals surface area (Å²) in [5, 5.41) is 2.95. The van der Waals surface area contributed by atoms with Crippen LogP contribution in [-0.4, -0.2) is 12.5 Å². The fourth-order valence-electron chi connectivity index (χ4n) is 2.77. The van der Waals surface area contributed by atoms with E-state index < -0.39 is 0 Å². The molecule has 4 nitrogen and oxygen atoms in total. The first-order valence-corrected chi connectivity index (χ1v) is 9.48. The molecule has 0 saturated heterocycles. The lowest BCUT2D eigenvalue weighted by molar-refractivity contribution is -0.117. The highest BCUT2D eigenvalue weighted by atomic mass is 16.5. The molecule has 0 heterocycles. The molecule has 0 bridgehead atoms. The number of benzene rings is 1. The lowest BCUT2D eigenvalue weighted by atomic mass is 10.1. The number of hydrogen-bond donors (Lipinski definition) is 2. The Bertz CT molecular complexity index is 685. The third kappa shape index (κ3) is 6.10. The van der Waals surface area contributed by atoms with Gasteiger partial charge >= 0.3 is 0 Å². The van der Waals surface area contributed by atoms with Crippen molar-refractivity contribution in [1.82, 2.24) is 5.32 Å². The maximum Gasteiger partial charge on any atom is 0.253 e. The van der Waals surface area contributed by atoms with Gasteiger partial charge in [0, 0.05) is 18.7 Å². The maximum absolute atomic E-state index is 12.5. The zero-order valence-electron chi connectivity index (χ0n) is 15.9. The number of unbranched alkanes of at least 4 members (excludes halogenated alkanes) is 2. The quantitative estimate of drug-likeness (QED) is 0.647. The molecule has 1 aliphatic carbocycles. The van der Waals surface area contributed by atoms with Gasteiger partial charge in [-0.2, -0.15) is 0 Å².